The van der Waals surface area contributed by atoms with E-state index >= 15 is 0 Å². The Bertz CT molecular complexity index is 924. The van der Waals surface area contributed by atoms with Gasteiger partial charge in [-0.15, -0.1) is 11.3 Å². The predicted molar refractivity (Wildman–Crippen MR) is 103 cm³/mol. The zero-order chi connectivity index (χ0) is 19.4. The Morgan fingerprint density at radius 1 is 1.22 bits per heavy atom. The van der Waals surface area contributed by atoms with E-state index in [1.165, 1.54) is 11.6 Å². The van der Waals surface area contributed by atoms with Crippen molar-refractivity contribution in [3.8, 4) is 5.75 Å². The van der Waals surface area contributed by atoms with Crippen LogP contribution >= 0.6 is 34.5 Å². The summed E-state index contributed by atoms with van der Waals surface area (Å²) in [5, 5.41) is 7.31. The zero-order valence-electron chi connectivity index (χ0n) is 13.8. The average molecular weight is 432 g/mol. The molecule has 0 atom stereocenters. The van der Waals surface area contributed by atoms with E-state index in [0.29, 0.717) is 22.9 Å². The summed E-state index contributed by atoms with van der Waals surface area (Å²) in [4.78, 5) is 12.3. The van der Waals surface area contributed by atoms with Crippen LogP contribution in [0.15, 0.2) is 29.9 Å². The van der Waals surface area contributed by atoms with E-state index in [1.54, 1.807) is 25.4 Å². The molecule has 3 rings (SSSR count). The number of hydrogen-bond acceptors (Lipinski definition) is 7. The van der Waals surface area contributed by atoms with Crippen molar-refractivity contribution < 1.29 is 13.5 Å². The SMILES string of the molecule is COc1ccc(Nc2nc(Cl)ncc2CNc2c(C(F)F)csc2Cl)nc1. The van der Waals surface area contributed by atoms with Crippen molar-refractivity contribution in [2.24, 2.45) is 0 Å². The van der Waals surface area contributed by atoms with Crippen molar-refractivity contribution in [2.45, 2.75) is 13.0 Å². The molecule has 3 heterocycles. The van der Waals surface area contributed by atoms with Gasteiger partial charge in [0.05, 0.1) is 24.6 Å². The normalized spacial score (nSPS) is 10.9. The number of thiophene rings is 1. The summed E-state index contributed by atoms with van der Waals surface area (Å²) in [6.45, 7) is 0.159. The second-order valence-corrected chi connectivity index (χ2v) is 7.03. The number of methoxy groups -OCH3 is 1. The van der Waals surface area contributed by atoms with Gasteiger partial charge >= 0.3 is 0 Å². The number of nitrogens with zero attached hydrogens (tertiary/aromatic N) is 3. The number of halogens is 4. The third-order valence-electron chi connectivity index (χ3n) is 3.52. The number of anilines is 3. The Morgan fingerprint density at radius 3 is 2.70 bits per heavy atom. The number of hydrogen-bond donors (Lipinski definition) is 2. The Kier molecular flexibility index (Phi) is 6.25. The lowest BCUT2D eigenvalue weighted by Gasteiger charge is -2.13. The molecule has 0 aliphatic rings. The fourth-order valence-electron chi connectivity index (χ4n) is 2.18. The lowest BCUT2D eigenvalue weighted by Crippen LogP contribution is -2.07. The Morgan fingerprint density at radius 2 is 2.04 bits per heavy atom. The van der Waals surface area contributed by atoms with Gasteiger partial charge in [-0.3, -0.25) is 0 Å². The molecule has 27 heavy (non-hydrogen) atoms. The van der Waals surface area contributed by atoms with Crippen LogP contribution in [0.4, 0.5) is 26.1 Å². The maximum absolute atomic E-state index is 13.1. The molecular weight excluding hydrogens is 419 g/mol. The molecule has 0 radical (unpaired) electrons. The van der Waals surface area contributed by atoms with Gasteiger partial charge in [-0.25, -0.2) is 23.7 Å². The van der Waals surface area contributed by atoms with Gasteiger partial charge in [0.25, 0.3) is 6.43 Å². The topological polar surface area (TPSA) is 72.0 Å². The van der Waals surface area contributed by atoms with Crippen molar-refractivity contribution in [1.82, 2.24) is 15.0 Å². The molecule has 0 unspecified atom stereocenters. The van der Waals surface area contributed by atoms with Gasteiger partial charge in [-0.2, -0.15) is 0 Å². The molecule has 3 aromatic rings. The van der Waals surface area contributed by atoms with Crippen LogP contribution in [0, 0.1) is 0 Å². The molecule has 11 heteroatoms. The van der Waals surface area contributed by atoms with Crippen molar-refractivity contribution in [3.05, 3.63) is 50.7 Å². The second-order valence-electron chi connectivity index (χ2n) is 5.22. The molecule has 2 N–H and O–H groups in total. The van der Waals surface area contributed by atoms with Crippen LogP contribution in [-0.4, -0.2) is 22.1 Å². The fraction of sp³-hybridized carbons (Fsp3) is 0.188. The Hall–Kier alpha value is -2.23. The summed E-state index contributed by atoms with van der Waals surface area (Å²) < 4.78 is 31.5. The summed E-state index contributed by atoms with van der Waals surface area (Å²) in [6, 6.07) is 3.44. The molecule has 0 aromatic carbocycles. The van der Waals surface area contributed by atoms with Gasteiger partial charge < -0.3 is 15.4 Å². The number of ether oxygens (including phenoxy) is 1. The standard InChI is InChI=1S/C16H13Cl2F2N5OS/c1-26-9-2-3-11(21-6-9)24-15-8(5-23-16(18)25-15)4-22-12-10(14(19)20)7-27-13(12)17/h2-3,5-7,14,22H,4H2,1H3,(H,21,23,24,25). The summed E-state index contributed by atoms with van der Waals surface area (Å²) in [5.74, 6) is 1.51. The zero-order valence-corrected chi connectivity index (χ0v) is 16.2. The summed E-state index contributed by atoms with van der Waals surface area (Å²) >= 11 is 12.9. The largest absolute Gasteiger partial charge is 0.495 e. The van der Waals surface area contributed by atoms with E-state index in [1.807, 2.05) is 0 Å². The van der Waals surface area contributed by atoms with Crippen LogP contribution in [0.25, 0.3) is 0 Å². The number of pyridine rings is 1. The molecule has 3 aromatic heterocycles. The lowest BCUT2D eigenvalue weighted by molar-refractivity contribution is 0.152. The maximum Gasteiger partial charge on any atom is 0.266 e. The highest BCUT2D eigenvalue weighted by molar-refractivity contribution is 7.15. The molecule has 0 bridgehead atoms. The fourth-order valence-corrected chi connectivity index (χ4v) is 3.38. The van der Waals surface area contributed by atoms with Crippen molar-refractivity contribution in [2.75, 3.05) is 17.7 Å². The van der Waals surface area contributed by atoms with Gasteiger partial charge in [0.2, 0.25) is 5.28 Å². The van der Waals surface area contributed by atoms with Gasteiger partial charge in [0, 0.05) is 23.7 Å². The van der Waals surface area contributed by atoms with E-state index in [9.17, 15) is 8.78 Å². The van der Waals surface area contributed by atoms with Crippen LogP contribution in [0.1, 0.15) is 17.6 Å². The van der Waals surface area contributed by atoms with Crippen LogP contribution in [0.3, 0.4) is 0 Å². The first-order valence-corrected chi connectivity index (χ1v) is 9.19. The minimum Gasteiger partial charge on any atom is -0.495 e. The molecule has 0 saturated heterocycles. The first-order valence-electron chi connectivity index (χ1n) is 7.55. The van der Waals surface area contributed by atoms with E-state index in [2.05, 4.69) is 25.6 Å². The number of nitrogens with one attached hydrogen (secondary N) is 2. The van der Waals surface area contributed by atoms with Crippen molar-refractivity contribution >= 4 is 51.9 Å². The third kappa shape index (κ3) is 4.74. The smallest absolute Gasteiger partial charge is 0.266 e. The highest BCUT2D eigenvalue weighted by Gasteiger charge is 2.18. The first-order chi connectivity index (χ1) is 13.0. The highest BCUT2D eigenvalue weighted by Crippen LogP contribution is 2.39. The molecule has 0 saturated carbocycles. The Labute approximate surface area is 167 Å². The van der Waals surface area contributed by atoms with E-state index in [-0.39, 0.29) is 27.4 Å². The van der Waals surface area contributed by atoms with Crippen LogP contribution in [-0.2, 0) is 6.54 Å². The molecule has 6 nitrogen and oxygen atoms in total. The second kappa shape index (κ2) is 8.64. The molecule has 0 aliphatic carbocycles. The van der Waals surface area contributed by atoms with Gasteiger partial charge in [0.15, 0.2) is 0 Å². The number of alkyl halides is 2. The van der Waals surface area contributed by atoms with Crippen molar-refractivity contribution in [1.29, 1.82) is 0 Å². The lowest BCUT2D eigenvalue weighted by atomic mass is 10.2. The van der Waals surface area contributed by atoms with E-state index < -0.39 is 6.43 Å². The molecule has 142 valence electrons. The van der Waals surface area contributed by atoms with E-state index in [4.69, 9.17) is 27.9 Å². The summed E-state index contributed by atoms with van der Waals surface area (Å²) in [5.41, 5.74) is 0.644. The summed E-state index contributed by atoms with van der Waals surface area (Å²) in [7, 11) is 1.54. The van der Waals surface area contributed by atoms with Gasteiger partial charge in [0.1, 0.15) is 21.7 Å². The predicted octanol–water partition coefficient (Wildman–Crippen LogP) is 5.54. The maximum atomic E-state index is 13.1. The number of rotatable bonds is 7. The van der Waals surface area contributed by atoms with Gasteiger partial charge in [-0.05, 0) is 23.7 Å². The first kappa shape index (κ1) is 19.5. The highest BCUT2D eigenvalue weighted by atomic mass is 35.5. The number of aromatic nitrogens is 3. The third-order valence-corrected chi connectivity index (χ3v) is 4.94. The monoisotopic (exact) mass is 431 g/mol. The average Bonchev–Trinajstić information content (AvgIpc) is 3.02. The van der Waals surface area contributed by atoms with Crippen LogP contribution < -0.4 is 15.4 Å². The molecule has 0 aliphatic heterocycles. The Balaban J connectivity index is 1.81. The minimum atomic E-state index is -2.63. The van der Waals surface area contributed by atoms with Crippen LogP contribution in [0.2, 0.25) is 9.62 Å². The minimum absolute atomic E-state index is 0.0385. The van der Waals surface area contributed by atoms with E-state index in [0.717, 1.165) is 11.3 Å². The molecular formula is C16H13Cl2F2N5OS. The molecule has 0 amide bonds. The summed E-state index contributed by atoms with van der Waals surface area (Å²) in [6.07, 6.45) is 0.415. The molecule has 0 spiro atoms. The molecule has 0 fully saturated rings. The van der Waals surface area contributed by atoms with Gasteiger partial charge in [-0.1, -0.05) is 11.6 Å². The van der Waals surface area contributed by atoms with Crippen LogP contribution in [0.5, 0.6) is 5.75 Å². The van der Waals surface area contributed by atoms with Crippen molar-refractivity contribution in [3.63, 3.8) is 0 Å². The quantitative estimate of drug-likeness (QED) is 0.478.